The summed E-state index contributed by atoms with van der Waals surface area (Å²) in [6, 6.07) is 3.26. The normalized spacial score (nSPS) is 19.2. The Morgan fingerprint density at radius 3 is 2.76 bits per heavy atom. The first-order chi connectivity index (χ1) is 14.0. The van der Waals surface area contributed by atoms with E-state index >= 15 is 0 Å². The van der Waals surface area contributed by atoms with Crippen LogP contribution in [-0.4, -0.2) is 55.8 Å². The summed E-state index contributed by atoms with van der Waals surface area (Å²) in [5.41, 5.74) is 1.54. The average molecular weight is 416 g/mol. The van der Waals surface area contributed by atoms with Gasteiger partial charge in [0, 0.05) is 48.8 Å². The molecule has 154 valence electrons. The predicted octanol–water partition coefficient (Wildman–Crippen LogP) is 2.00. The highest BCUT2D eigenvalue weighted by atomic mass is 32.2. The van der Waals surface area contributed by atoms with Gasteiger partial charge in [-0.05, 0) is 32.6 Å². The fraction of sp³-hybridized carbons (Fsp3) is 0.550. The van der Waals surface area contributed by atoms with Crippen LogP contribution in [0.25, 0.3) is 0 Å². The topological polar surface area (TPSA) is 90.2 Å². The van der Waals surface area contributed by atoms with Gasteiger partial charge < -0.3 is 9.64 Å². The fourth-order valence-electron chi connectivity index (χ4n) is 3.80. The van der Waals surface area contributed by atoms with E-state index < -0.39 is 0 Å². The monoisotopic (exact) mass is 415 g/mol. The summed E-state index contributed by atoms with van der Waals surface area (Å²) in [5, 5.41) is 0.726. The number of thioether (sulfide) groups is 1. The minimum absolute atomic E-state index is 0.0638. The molecule has 1 fully saturated rings. The first-order valence-electron chi connectivity index (χ1n) is 9.92. The van der Waals surface area contributed by atoms with Gasteiger partial charge in [0.2, 0.25) is 11.8 Å². The number of nitrogens with zero attached hydrogens (tertiary/aromatic N) is 5. The lowest BCUT2D eigenvalue weighted by atomic mass is 9.97. The number of rotatable bonds is 5. The summed E-state index contributed by atoms with van der Waals surface area (Å²) in [6.45, 7) is 5.78. The first kappa shape index (κ1) is 19.9. The number of fused-ring (bicyclic) bond motifs is 1. The molecule has 2 aliphatic rings. The van der Waals surface area contributed by atoms with Crippen LogP contribution in [0.15, 0.2) is 28.4 Å². The molecule has 1 saturated heterocycles. The molecule has 1 unspecified atom stereocenters. The van der Waals surface area contributed by atoms with Crippen LogP contribution in [0.5, 0.6) is 5.88 Å². The molecule has 0 aliphatic carbocycles. The summed E-state index contributed by atoms with van der Waals surface area (Å²) < 4.78 is 7.47. The van der Waals surface area contributed by atoms with Gasteiger partial charge in [0.1, 0.15) is 6.33 Å². The zero-order chi connectivity index (χ0) is 20.4. The molecule has 9 heteroatoms. The molecule has 0 aromatic carbocycles. The van der Waals surface area contributed by atoms with E-state index in [1.165, 1.54) is 12.4 Å². The van der Waals surface area contributed by atoms with Gasteiger partial charge in [-0.1, -0.05) is 11.8 Å². The molecule has 2 aromatic rings. The SMILES string of the molecule is Cc1cc(OCC2CCN(C(=O)CC3CSc4nc(C)cc(=O)n43)CC2)ncn1. The number of ether oxygens (including phenoxy) is 1. The molecule has 4 rings (SSSR count). The molecule has 8 nitrogen and oxygen atoms in total. The highest BCUT2D eigenvalue weighted by Gasteiger charge is 2.30. The lowest BCUT2D eigenvalue weighted by Gasteiger charge is -2.32. The summed E-state index contributed by atoms with van der Waals surface area (Å²) >= 11 is 1.55. The average Bonchev–Trinajstić information content (AvgIpc) is 3.09. The second-order valence-corrected chi connectivity index (χ2v) is 8.68. The number of carbonyl (C=O) groups excluding carboxylic acids is 1. The summed E-state index contributed by atoms with van der Waals surface area (Å²) in [5.74, 6) is 1.84. The Morgan fingerprint density at radius 2 is 2.00 bits per heavy atom. The lowest BCUT2D eigenvalue weighted by molar-refractivity contribution is -0.133. The van der Waals surface area contributed by atoms with Crippen LogP contribution in [-0.2, 0) is 4.79 Å². The second kappa shape index (κ2) is 8.52. The molecule has 0 spiro atoms. The Labute approximate surface area is 173 Å². The number of aromatic nitrogens is 4. The van der Waals surface area contributed by atoms with Crippen LogP contribution in [0, 0.1) is 19.8 Å². The minimum atomic E-state index is -0.106. The third kappa shape index (κ3) is 4.60. The Kier molecular flexibility index (Phi) is 5.84. The Bertz CT molecular complexity index is 955. The number of hydrogen-bond donors (Lipinski definition) is 0. The predicted molar refractivity (Wildman–Crippen MR) is 109 cm³/mol. The van der Waals surface area contributed by atoms with Crippen molar-refractivity contribution in [3.63, 3.8) is 0 Å². The maximum absolute atomic E-state index is 12.8. The van der Waals surface area contributed by atoms with Crippen LogP contribution in [0.1, 0.15) is 36.7 Å². The quantitative estimate of drug-likeness (QED) is 0.690. The number of carbonyl (C=O) groups is 1. The molecule has 1 amide bonds. The molecule has 1 atom stereocenters. The van der Waals surface area contributed by atoms with Gasteiger partial charge in [0.15, 0.2) is 5.16 Å². The Balaban J connectivity index is 1.28. The number of aryl methyl sites for hydroxylation is 2. The molecule has 0 bridgehead atoms. The van der Waals surface area contributed by atoms with E-state index in [1.54, 1.807) is 16.3 Å². The molecule has 2 aliphatic heterocycles. The number of amides is 1. The highest BCUT2D eigenvalue weighted by molar-refractivity contribution is 7.99. The molecular weight excluding hydrogens is 390 g/mol. The molecule has 29 heavy (non-hydrogen) atoms. The van der Waals surface area contributed by atoms with Crippen LogP contribution in [0.4, 0.5) is 0 Å². The first-order valence-corrected chi connectivity index (χ1v) is 10.9. The smallest absolute Gasteiger partial charge is 0.254 e. The molecular formula is C20H25N5O3S. The number of piperidine rings is 1. The maximum Gasteiger partial charge on any atom is 0.254 e. The van der Waals surface area contributed by atoms with Gasteiger partial charge >= 0.3 is 0 Å². The van der Waals surface area contributed by atoms with Gasteiger partial charge in [-0.2, -0.15) is 0 Å². The van der Waals surface area contributed by atoms with Crippen molar-refractivity contribution >= 4 is 17.7 Å². The van der Waals surface area contributed by atoms with E-state index in [1.807, 2.05) is 24.8 Å². The summed E-state index contributed by atoms with van der Waals surface area (Å²) in [7, 11) is 0. The van der Waals surface area contributed by atoms with Gasteiger partial charge in [0.05, 0.1) is 12.6 Å². The summed E-state index contributed by atoms with van der Waals surface area (Å²) in [4.78, 5) is 39.6. The van der Waals surface area contributed by atoms with Gasteiger partial charge in [-0.3, -0.25) is 14.2 Å². The molecule has 0 saturated carbocycles. The summed E-state index contributed by atoms with van der Waals surface area (Å²) in [6.07, 6.45) is 3.68. The van der Waals surface area contributed by atoms with Gasteiger partial charge in [-0.25, -0.2) is 15.0 Å². The minimum Gasteiger partial charge on any atom is -0.477 e. The van der Waals surface area contributed by atoms with E-state index in [0.717, 1.165) is 48.2 Å². The lowest BCUT2D eigenvalue weighted by Crippen LogP contribution is -2.41. The zero-order valence-electron chi connectivity index (χ0n) is 16.7. The fourth-order valence-corrected chi connectivity index (χ4v) is 5.00. The number of hydrogen-bond acceptors (Lipinski definition) is 7. The van der Waals surface area contributed by atoms with Gasteiger partial charge in [0.25, 0.3) is 5.56 Å². The molecule has 4 heterocycles. The van der Waals surface area contributed by atoms with E-state index in [-0.39, 0.29) is 17.5 Å². The van der Waals surface area contributed by atoms with Gasteiger partial charge in [-0.15, -0.1) is 0 Å². The largest absolute Gasteiger partial charge is 0.477 e. The van der Waals surface area contributed by atoms with E-state index in [4.69, 9.17) is 4.74 Å². The second-order valence-electron chi connectivity index (χ2n) is 7.69. The van der Waals surface area contributed by atoms with Crippen molar-refractivity contribution in [2.75, 3.05) is 25.4 Å². The zero-order valence-corrected chi connectivity index (χ0v) is 17.5. The van der Waals surface area contributed by atoms with Crippen LogP contribution in [0.2, 0.25) is 0 Å². The van der Waals surface area contributed by atoms with E-state index in [2.05, 4.69) is 15.0 Å². The van der Waals surface area contributed by atoms with Crippen molar-refractivity contribution in [2.24, 2.45) is 5.92 Å². The van der Waals surface area contributed by atoms with Crippen molar-refractivity contribution in [3.8, 4) is 5.88 Å². The molecule has 2 aromatic heterocycles. The Morgan fingerprint density at radius 1 is 1.21 bits per heavy atom. The molecule has 0 radical (unpaired) electrons. The number of likely N-dealkylation sites (tertiary alicyclic amines) is 1. The van der Waals surface area contributed by atoms with Crippen LogP contribution >= 0.6 is 11.8 Å². The third-order valence-corrected chi connectivity index (χ3v) is 6.54. The van der Waals surface area contributed by atoms with Crippen molar-refractivity contribution in [3.05, 3.63) is 40.2 Å². The highest BCUT2D eigenvalue weighted by Crippen LogP contribution is 2.32. The maximum atomic E-state index is 12.8. The Hall–Kier alpha value is -2.42. The van der Waals surface area contributed by atoms with Crippen molar-refractivity contribution < 1.29 is 9.53 Å². The molecule has 0 N–H and O–H groups in total. The van der Waals surface area contributed by atoms with Crippen LogP contribution < -0.4 is 10.3 Å². The van der Waals surface area contributed by atoms with Crippen molar-refractivity contribution in [1.29, 1.82) is 0 Å². The van der Waals surface area contributed by atoms with E-state index in [9.17, 15) is 9.59 Å². The standard InChI is InChI=1S/C20H25N5O3S/c1-13-7-17(22-12-21-13)28-10-15-3-5-24(6-4-15)18(26)9-16-11-29-20-23-14(2)8-19(27)25(16)20/h7-8,12,15-16H,3-6,9-11H2,1-2H3. The van der Waals surface area contributed by atoms with Crippen LogP contribution in [0.3, 0.4) is 0 Å². The third-order valence-electron chi connectivity index (χ3n) is 5.44. The van der Waals surface area contributed by atoms with E-state index in [0.29, 0.717) is 24.8 Å². The van der Waals surface area contributed by atoms with Crippen molar-refractivity contribution in [1.82, 2.24) is 24.4 Å². The van der Waals surface area contributed by atoms with Crippen molar-refractivity contribution in [2.45, 2.75) is 44.3 Å².